The largest absolute Gasteiger partial charge is 0.337 e. The molecule has 1 aliphatic carbocycles. The summed E-state index contributed by atoms with van der Waals surface area (Å²) in [7, 11) is 0. The van der Waals surface area contributed by atoms with Crippen LogP contribution in [0, 0.1) is 36.5 Å². The number of para-hydroxylation sites is 1. The van der Waals surface area contributed by atoms with Crippen molar-refractivity contribution in [2.24, 2.45) is 5.92 Å². The predicted octanol–water partition coefficient (Wildman–Crippen LogP) is 11.4. The van der Waals surface area contributed by atoms with E-state index >= 15 is 0 Å². The fourth-order valence-corrected chi connectivity index (χ4v) is 5.82. The Balaban J connectivity index is 0.00000204. The highest BCUT2D eigenvalue weighted by molar-refractivity contribution is 6.10. The van der Waals surface area contributed by atoms with E-state index < -0.39 is 0 Å². The van der Waals surface area contributed by atoms with E-state index in [9.17, 15) is 0 Å². The number of rotatable bonds is 6. The van der Waals surface area contributed by atoms with Gasteiger partial charge in [-0.1, -0.05) is 147 Å². The van der Waals surface area contributed by atoms with Crippen LogP contribution in [0.1, 0.15) is 48.9 Å². The molecule has 0 aliphatic heterocycles. The highest BCUT2D eigenvalue weighted by atomic mass is 15.0. The second-order valence-corrected chi connectivity index (χ2v) is 11.0. The van der Waals surface area contributed by atoms with Crippen LogP contribution in [-0.2, 0) is 6.54 Å². The first kappa shape index (κ1) is 31.9. The van der Waals surface area contributed by atoms with Crippen molar-refractivity contribution in [1.29, 1.82) is 0 Å². The zero-order valence-corrected chi connectivity index (χ0v) is 27.1. The molecule has 4 aromatic carbocycles. The van der Waals surface area contributed by atoms with Gasteiger partial charge >= 0.3 is 0 Å². The minimum Gasteiger partial charge on any atom is -0.337 e. The summed E-state index contributed by atoms with van der Waals surface area (Å²) < 4.78 is 2.36. The van der Waals surface area contributed by atoms with E-state index in [1.807, 2.05) is 26.0 Å². The van der Waals surface area contributed by atoms with Crippen LogP contribution in [0.3, 0.4) is 0 Å². The molecule has 1 aliphatic rings. The van der Waals surface area contributed by atoms with Gasteiger partial charge in [0.25, 0.3) is 0 Å². The van der Waals surface area contributed by atoms with Gasteiger partial charge in [-0.2, -0.15) is 0 Å². The zero-order chi connectivity index (χ0) is 32.1. The Morgan fingerprint density at radius 3 is 2.43 bits per heavy atom. The Morgan fingerprint density at radius 1 is 0.783 bits per heavy atom. The van der Waals surface area contributed by atoms with Crippen LogP contribution in [0.15, 0.2) is 146 Å². The monoisotopic (exact) mass is 595 g/mol. The van der Waals surface area contributed by atoms with Gasteiger partial charge in [-0.15, -0.1) is 0 Å². The number of nitrogens with zero attached hydrogens (tertiary/aromatic N) is 1. The van der Waals surface area contributed by atoms with Crippen molar-refractivity contribution in [2.75, 3.05) is 0 Å². The molecule has 1 heterocycles. The molecule has 1 aromatic heterocycles. The average molecular weight is 596 g/mol. The summed E-state index contributed by atoms with van der Waals surface area (Å²) in [6.45, 7) is 10.7. The van der Waals surface area contributed by atoms with Crippen molar-refractivity contribution in [3.63, 3.8) is 0 Å². The first-order valence-electron chi connectivity index (χ1n) is 16.2. The summed E-state index contributed by atoms with van der Waals surface area (Å²) in [5.41, 5.74) is 9.00. The molecule has 0 radical (unpaired) electrons. The molecule has 0 saturated carbocycles. The summed E-state index contributed by atoms with van der Waals surface area (Å²) in [4.78, 5) is 0. The molecule has 1 nitrogen and oxygen atoms in total. The Hall–Kier alpha value is -5.50. The first-order chi connectivity index (χ1) is 22.7. The summed E-state index contributed by atoms with van der Waals surface area (Å²) in [5.74, 6) is 14.5. The second kappa shape index (κ2) is 16.0. The van der Waals surface area contributed by atoms with Crippen LogP contribution >= 0.6 is 0 Å². The maximum Gasteiger partial charge on any atom is 0.0507 e. The van der Waals surface area contributed by atoms with Crippen molar-refractivity contribution >= 4 is 21.8 Å². The van der Waals surface area contributed by atoms with Crippen LogP contribution in [0.4, 0.5) is 0 Å². The average Bonchev–Trinajstić information content (AvgIpc) is 3.43. The maximum atomic E-state index is 3.75. The number of allylic oxidation sites excluding steroid dienone is 9. The molecule has 0 N–H and O–H groups in total. The lowest BCUT2D eigenvalue weighted by Gasteiger charge is -2.10. The predicted molar refractivity (Wildman–Crippen MR) is 200 cm³/mol. The minimum absolute atomic E-state index is 0.485. The highest BCUT2D eigenvalue weighted by Crippen LogP contribution is 2.32. The van der Waals surface area contributed by atoms with E-state index in [0.29, 0.717) is 5.92 Å². The van der Waals surface area contributed by atoms with E-state index in [0.717, 1.165) is 41.6 Å². The van der Waals surface area contributed by atoms with Gasteiger partial charge in [-0.25, -0.2) is 0 Å². The van der Waals surface area contributed by atoms with Gasteiger partial charge in [0.05, 0.1) is 5.52 Å². The molecule has 0 saturated heterocycles. The van der Waals surface area contributed by atoms with Gasteiger partial charge in [-0.3, -0.25) is 0 Å². The Morgan fingerprint density at radius 2 is 1.61 bits per heavy atom. The van der Waals surface area contributed by atoms with Crippen LogP contribution in [0.25, 0.3) is 32.9 Å². The highest BCUT2D eigenvalue weighted by Gasteiger charge is 2.12. The topological polar surface area (TPSA) is 4.93 Å². The van der Waals surface area contributed by atoms with Crippen molar-refractivity contribution in [1.82, 2.24) is 4.57 Å². The first-order valence-corrected chi connectivity index (χ1v) is 16.2. The smallest absolute Gasteiger partial charge is 0.0507 e. The third kappa shape index (κ3) is 7.41. The minimum atomic E-state index is 0.485. The molecular weight excluding hydrogens is 555 g/mol. The van der Waals surface area contributed by atoms with E-state index in [1.165, 1.54) is 32.9 Å². The molecule has 226 valence electrons. The van der Waals surface area contributed by atoms with Gasteiger partial charge in [0.1, 0.15) is 0 Å². The van der Waals surface area contributed by atoms with Crippen LogP contribution in [0.2, 0.25) is 0 Å². The number of hydrogen-bond acceptors (Lipinski definition) is 0. The molecule has 1 unspecified atom stereocenters. The van der Waals surface area contributed by atoms with Gasteiger partial charge in [0, 0.05) is 45.9 Å². The Kier molecular flexibility index (Phi) is 11.1. The third-order valence-corrected chi connectivity index (χ3v) is 8.03. The van der Waals surface area contributed by atoms with E-state index in [1.54, 1.807) is 6.08 Å². The maximum absolute atomic E-state index is 3.75. The van der Waals surface area contributed by atoms with Crippen molar-refractivity contribution in [2.45, 2.75) is 40.2 Å². The standard InChI is InChI=1S/C43H35N.C2H6/c1-3-4-5-6-14-31-44-41-25-13-12-24-39(41)43-37(22-16-26-42(43)44)30-28-35-27-29-36(21-15-20-34-18-8-7-9-19-34)40(32-35)38-23-11-10-17-33(38)2;1-2/h3-14,16-18,22-27,29,32,34H,1,19-20,31H2,2H3;1-2H3/b5-4-,14-6-;. The Bertz CT molecular complexity index is 2090. The van der Waals surface area contributed by atoms with Crippen LogP contribution in [0.5, 0.6) is 0 Å². The summed E-state index contributed by atoms with van der Waals surface area (Å²) >= 11 is 0. The summed E-state index contributed by atoms with van der Waals surface area (Å²) in [6, 6.07) is 30.0. The van der Waals surface area contributed by atoms with Gasteiger partial charge in [0.2, 0.25) is 0 Å². The molecule has 5 aromatic rings. The van der Waals surface area contributed by atoms with Gasteiger partial charge in [0.15, 0.2) is 0 Å². The lowest BCUT2D eigenvalue weighted by molar-refractivity contribution is 0.680. The SMILES string of the molecule is C=C/C=C\C=C/Cn1c2ccccc2c2c(C#Cc3ccc(C#CCC4C=CC=CC4)c(-c4ccccc4C)c3)cccc21.CC. The number of fused-ring (bicyclic) bond motifs is 3. The number of benzene rings is 4. The van der Waals surface area contributed by atoms with Crippen molar-refractivity contribution in [3.05, 3.63) is 168 Å². The molecule has 0 spiro atoms. The number of hydrogen-bond donors (Lipinski definition) is 0. The fourth-order valence-electron chi connectivity index (χ4n) is 5.82. The summed E-state index contributed by atoms with van der Waals surface area (Å²) in [5, 5.41) is 2.41. The molecular formula is C45H41N. The Labute approximate surface area is 275 Å². The normalized spacial score (nSPS) is 13.7. The second-order valence-electron chi connectivity index (χ2n) is 11.0. The molecule has 46 heavy (non-hydrogen) atoms. The third-order valence-electron chi connectivity index (χ3n) is 8.03. The lowest BCUT2D eigenvalue weighted by Crippen LogP contribution is -1.95. The van der Waals surface area contributed by atoms with E-state index in [-0.39, 0.29) is 0 Å². The van der Waals surface area contributed by atoms with E-state index in [4.69, 9.17) is 0 Å². The molecule has 0 amide bonds. The van der Waals surface area contributed by atoms with E-state index in [2.05, 4.69) is 163 Å². The van der Waals surface area contributed by atoms with Gasteiger partial charge in [-0.05, 0) is 72.4 Å². The molecule has 0 bridgehead atoms. The zero-order valence-electron chi connectivity index (χ0n) is 27.1. The van der Waals surface area contributed by atoms with Gasteiger partial charge < -0.3 is 4.57 Å². The quantitative estimate of drug-likeness (QED) is 0.136. The van der Waals surface area contributed by atoms with Crippen molar-refractivity contribution < 1.29 is 0 Å². The summed E-state index contributed by atoms with van der Waals surface area (Å²) in [6.07, 6.45) is 20.6. The molecule has 6 rings (SSSR count). The lowest BCUT2D eigenvalue weighted by atomic mass is 9.93. The number of aromatic nitrogens is 1. The fraction of sp³-hybridized carbons (Fsp3) is 0.156. The number of aryl methyl sites for hydroxylation is 1. The molecule has 0 fully saturated rings. The molecule has 1 heteroatoms. The van der Waals surface area contributed by atoms with Crippen LogP contribution in [-0.4, -0.2) is 4.57 Å². The van der Waals surface area contributed by atoms with Crippen molar-refractivity contribution in [3.8, 4) is 34.8 Å². The van der Waals surface area contributed by atoms with Crippen LogP contribution < -0.4 is 0 Å². The molecule has 1 atom stereocenters.